The first-order valence-electron chi connectivity index (χ1n) is 7.37. The zero-order valence-corrected chi connectivity index (χ0v) is 12.3. The fourth-order valence-electron chi connectivity index (χ4n) is 2.18. The first-order chi connectivity index (χ1) is 10.3. The molecule has 0 bridgehead atoms. The van der Waals surface area contributed by atoms with Crippen molar-refractivity contribution in [2.24, 2.45) is 0 Å². The minimum Gasteiger partial charge on any atom is -0.387 e. The van der Waals surface area contributed by atoms with E-state index in [1.807, 2.05) is 36.4 Å². The number of nitrogens with one attached hydrogen (secondary N) is 1. The molecule has 0 aliphatic carbocycles. The molecule has 0 spiro atoms. The summed E-state index contributed by atoms with van der Waals surface area (Å²) in [5.41, 5.74) is 0.939. The van der Waals surface area contributed by atoms with Crippen LogP contribution in [0.4, 0.5) is 0 Å². The van der Waals surface area contributed by atoms with E-state index < -0.39 is 6.10 Å². The third-order valence-electron chi connectivity index (χ3n) is 3.39. The highest BCUT2D eigenvalue weighted by molar-refractivity contribution is 5.83. The summed E-state index contributed by atoms with van der Waals surface area (Å²) in [4.78, 5) is 0. The Morgan fingerprint density at radius 1 is 1.14 bits per heavy atom. The summed E-state index contributed by atoms with van der Waals surface area (Å²) in [5, 5.41) is 15.8. The molecule has 0 fully saturated rings. The van der Waals surface area contributed by atoms with Crippen LogP contribution in [0.5, 0.6) is 0 Å². The summed E-state index contributed by atoms with van der Waals surface area (Å²) < 4.78 is 5.40. The minimum absolute atomic E-state index is 0.497. The van der Waals surface area contributed by atoms with Gasteiger partial charge in [-0.2, -0.15) is 0 Å². The van der Waals surface area contributed by atoms with E-state index >= 15 is 0 Å². The molecule has 1 unspecified atom stereocenters. The minimum atomic E-state index is -0.497. The van der Waals surface area contributed by atoms with Crippen LogP contribution >= 0.6 is 0 Å². The first-order valence-corrected chi connectivity index (χ1v) is 7.37. The maximum atomic E-state index is 10.2. The van der Waals surface area contributed by atoms with Crippen LogP contribution in [0.2, 0.25) is 0 Å². The van der Waals surface area contributed by atoms with Gasteiger partial charge in [0.1, 0.15) is 0 Å². The molecule has 112 valence electrons. The summed E-state index contributed by atoms with van der Waals surface area (Å²) in [6, 6.07) is 14.2. The van der Waals surface area contributed by atoms with Crippen molar-refractivity contribution in [3.8, 4) is 0 Å². The summed E-state index contributed by atoms with van der Waals surface area (Å²) in [6.07, 6.45) is 2.22. The van der Waals surface area contributed by atoms with Crippen LogP contribution < -0.4 is 5.32 Å². The van der Waals surface area contributed by atoms with Gasteiger partial charge in [-0.05, 0) is 28.8 Å². The Morgan fingerprint density at radius 2 is 1.95 bits per heavy atom. The van der Waals surface area contributed by atoms with Crippen molar-refractivity contribution in [3.05, 3.63) is 60.7 Å². The smallest absolute Gasteiger partial charge is 0.0914 e. The molecule has 2 N–H and O–H groups in total. The summed E-state index contributed by atoms with van der Waals surface area (Å²) >= 11 is 0. The van der Waals surface area contributed by atoms with Crippen LogP contribution in [0.1, 0.15) is 18.1 Å². The molecule has 3 nitrogen and oxygen atoms in total. The number of aliphatic hydroxyl groups excluding tert-OH is 1. The monoisotopic (exact) mass is 285 g/mol. The van der Waals surface area contributed by atoms with Gasteiger partial charge < -0.3 is 15.2 Å². The maximum absolute atomic E-state index is 10.2. The molecule has 2 aromatic rings. The Kier molecular flexibility index (Phi) is 6.41. The topological polar surface area (TPSA) is 41.5 Å². The fraction of sp³-hybridized carbons (Fsp3) is 0.333. The molecular formula is C18H23NO2. The maximum Gasteiger partial charge on any atom is 0.0914 e. The third-order valence-corrected chi connectivity index (χ3v) is 3.39. The van der Waals surface area contributed by atoms with Crippen LogP contribution in [0.25, 0.3) is 10.8 Å². The van der Waals surface area contributed by atoms with Crippen LogP contribution in [0.3, 0.4) is 0 Å². The third kappa shape index (κ3) is 4.97. The number of rotatable bonds is 9. The van der Waals surface area contributed by atoms with Crippen molar-refractivity contribution < 1.29 is 9.84 Å². The molecule has 0 radical (unpaired) electrons. The fourth-order valence-corrected chi connectivity index (χ4v) is 2.18. The van der Waals surface area contributed by atoms with Crippen molar-refractivity contribution >= 4 is 10.8 Å². The average Bonchev–Trinajstić information content (AvgIpc) is 2.53. The van der Waals surface area contributed by atoms with Gasteiger partial charge in [-0.3, -0.25) is 0 Å². The van der Waals surface area contributed by atoms with Gasteiger partial charge in [0.15, 0.2) is 0 Å². The number of ether oxygens (including phenoxy) is 1. The van der Waals surface area contributed by atoms with E-state index in [2.05, 4.69) is 24.0 Å². The van der Waals surface area contributed by atoms with E-state index in [-0.39, 0.29) is 0 Å². The quantitative estimate of drug-likeness (QED) is 0.549. The van der Waals surface area contributed by atoms with Crippen molar-refractivity contribution in [1.29, 1.82) is 0 Å². The molecule has 2 rings (SSSR count). The Hall–Kier alpha value is -1.68. The van der Waals surface area contributed by atoms with Crippen molar-refractivity contribution in [1.82, 2.24) is 5.32 Å². The molecule has 0 aromatic heterocycles. The number of hydrogen-bond acceptors (Lipinski definition) is 3. The number of aliphatic hydroxyl groups is 1. The van der Waals surface area contributed by atoms with Gasteiger partial charge in [0.25, 0.3) is 0 Å². The summed E-state index contributed by atoms with van der Waals surface area (Å²) in [5.74, 6) is 0. The molecule has 0 saturated heterocycles. The highest BCUT2D eigenvalue weighted by Gasteiger charge is 2.07. The van der Waals surface area contributed by atoms with E-state index in [1.165, 1.54) is 5.39 Å². The lowest BCUT2D eigenvalue weighted by molar-refractivity contribution is 0.131. The van der Waals surface area contributed by atoms with Gasteiger partial charge >= 0.3 is 0 Å². The highest BCUT2D eigenvalue weighted by Crippen LogP contribution is 2.19. The molecular weight excluding hydrogens is 262 g/mol. The molecule has 1 atom stereocenters. The van der Waals surface area contributed by atoms with Gasteiger partial charge in [-0.25, -0.2) is 0 Å². The van der Waals surface area contributed by atoms with Gasteiger partial charge in [-0.15, -0.1) is 6.58 Å². The summed E-state index contributed by atoms with van der Waals surface area (Å²) in [7, 11) is 0. The average molecular weight is 285 g/mol. The van der Waals surface area contributed by atoms with Gasteiger partial charge in [0, 0.05) is 13.1 Å². The molecule has 0 aliphatic rings. The molecule has 3 heteroatoms. The van der Waals surface area contributed by atoms with Gasteiger partial charge in [-0.1, -0.05) is 42.5 Å². The van der Waals surface area contributed by atoms with Crippen molar-refractivity contribution in [2.45, 2.75) is 12.5 Å². The van der Waals surface area contributed by atoms with E-state index in [1.54, 1.807) is 0 Å². The molecule has 0 heterocycles. The predicted molar refractivity (Wildman–Crippen MR) is 87.4 cm³/mol. The second kappa shape index (κ2) is 8.57. The SMILES string of the molecule is C=CCCOCCNCC(O)c1ccc2ccccc2c1. The molecule has 0 amide bonds. The van der Waals surface area contributed by atoms with Crippen molar-refractivity contribution in [2.75, 3.05) is 26.3 Å². The number of benzene rings is 2. The zero-order valence-electron chi connectivity index (χ0n) is 12.3. The lowest BCUT2D eigenvalue weighted by Gasteiger charge is -2.13. The molecule has 21 heavy (non-hydrogen) atoms. The first kappa shape index (κ1) is 15.7. The van der Waals surface area contributed by atoms with E-state index in [9.17, 15) is 5.11 Å². The van der Waals surface area contributed by atoms with Gasteiger partial charge in [0.05, 0.1) is 19.3 Å². The number of hydrogen-bond donors (Lipinski definition) is 2. The van der Waals surface area contributed by atoms with Gasteiger partial charge in [0.2, 0.25) is 0 Å². The molecule has 0 saturated carbocycles. The van der Waals surface area contributed by atoms with E-state index in [4.69, 9.17) is 4.74 Å². The second-order valence-corrected chi connectivity index (χ2v) is 5.02. The standard InChI is InChI=1S/C18H23NO2/c1-2-3-11-21-12-10-19-14-18(20)17-9-8-15-6-4-5-7-16(15)13-17/h2,4-9,13,18-20H,1,3,10-12,14H2. The van der Waals surface area contributed by atoms with Crippen LogP contribution in [-0.4, -0.2) is 31.4 Å². The zero-order chi connectivity index (χ0) is 14.9. The predicted octanol–water partition coefficient (Wildman–Crippen LogP) is 3.06. The Bertz CT molecular complexity index is 568. The summed E-state index contributed by atoms with van der Waals surface area (Å²) in [6.45, 7) is 6.27. The highest BCUT2D eigenvalue weighted by atomic mass is 16.5. The number of fused-ring (bicyclic) bond motifs is 1. The largest absolute Gasteiger partial charge is 0.387 e. The Balaban J connectivity index is 1.76. The normalized spacial score (nSPS) is 12.4. The molecule has 2 aromatic carbocycles. The van der Waals surface area contributed by atoms with Crippen LogP contribution in [0.15, 0.2) is 55.1 Å². The molecule has 0 aliphatic heterocycles. The second-order valence-electron chi connectivity index (χ2n) is 5.02. The van der Waals surface area contributed by atoms with E-state index in [0.29, 0.717) is 19.8 Å². The lowest BCUT2D eigenvalue weighted by atomic mass is 10.0. The van der Waals surface area contributed by atoms with Crippen molar-refractivity contribution in [3.63, 3.8) is 0 Å². The van der Waals surface area contributed by atoms with Crippen LogP contribution in [0, 0.1) is 0 Å². The lowest BCUT2D eigenvalue weighted by Crippen LogP contribution is -2.25. The van der Waals surface area contributed by atoms with Crippen LogP contribution in [-0.2, 0) is 4.74 Å². The Morgan fingerprint density at radius 3 is 2.76 bits per heavy atom. The van der Waals surface area contributed by atoms with E-state index in [0.717, 1.165) is 23.9 Å². The Labute approximate surface area is 126 Å².